The Balaban J connectivity index is 1.91. The molecule has 2 aromatic carbocycles. The van der Waals surface area contributed by atoms with Crippen molar-refractivity contribution >= 4 is 23.8 Å². The molecule has 0 aromatic heterocycles. The Labute approximate surface area is 186 Å². The third-order valence-electron chi connectivity index (χ3n) is 5.05. The second-order valence-electron chi connectivity index (χ2n) is 8.55. The van der Waals surface area contributed by atoms with Gasteiger partial charge in [-0.2, -0.15) is 0 Å². The van der Waals surface area contributed by atoms with Gasteiger partial charge >= 0.3 is 6.09 Å². The first-order chi connectivity index (χ1) is 15.1. The van der Waals surface area contributed by atoms with Crippen molar-refractivity contribution < 1.29 is 24.0 Å². The van der Waals surface area contributed by atoms with Crippen LogP contribution in [0, 0.1) is 17.0 Å². The lowest BCUT2D eigenvalue weighted by molar-refractivity contribution is -0.384. The number of aldehydes is 1. The molecule has 0 aliphatic carbocycles. The number of amides is 1. The fourth-order valence-corrected chi connectivity index (χ4v) is 3.62. The summed E-state index contributed by atoms with van der Waals surface area (Å²) in [5, 5.41) is 11.8. The van der Waals surface area contributed by atoms with Crippen LogP contribution in [0.5, 0.6) is 11.5 Å². The molecule has 2 aromatic rings. The van der Waals surface area contributed by atoms with Gasteiger partial charge in [-0.05, 0) is 45.9 Å². The Bertz CT molecular complexity index is 1000. The molecule has 0 radical (unpaired) electrons. The number of hydrogen-bond acceptors (Lipinski definition) is 7. The molecule has 32 heavy (non-hydrogen) atoms. The summed E-state index contributed by atoms with van der Waals surface area (Å²) in [7, 11) is 0. The lowest BCUT2D eigenvalue weighted by atomic mass is 10.1. The molecule has 9 nitrogen and oxygen atoms in total. The van der Waals surface area contributed by atoms with Crippen molar-refractivity contribution in [3.63, 3.8) is 0 Å². The van der Waals surface area contributed by atoms with Crippen LogP contribution in [-0.4, -0.2) is 53.5 Å². The summed E-state index contributed by atoms with van der Waals surface area (Å²) < 4.78 is 11.3. The summed E-state index contributed by atoms with van der Waals surface area (Å²) in [5.74, 6) is 1.09. The summed E-state index contributed by atoms with van der Waals surface area (Å²) >= 11 is 0. The van der Waals surface area contributed by atoms with Gasteiger partial charge < -0.3 is 19.2 Å². The van der Waals surface area contributed by atoms with E-state index in [1.165, 1.54) is 11.0 Å². The third-order valence-corrected chi connectivity index (χ3v) is 5.05. The molecule has 9 heteroatoms. The molecule has 0 N–H and O–H groups in total. The van der Waals surface area contributed by atoms with Crippen LogP contribution in [0.15, 0.2) is 42.5 Å². The molecular formula is C23H27N3O6. The van der Waals surface area contributed by atoms with Gasteiger partial charge in [-0.15, -0.1) is 0 Å². The molecular weight excluding hydrogens is 414 g/mol. The van der Waals surface area contributed by atoms with Gasteiger partial charge in [-0.3, -0.25) is 15.0 Å². The molecule has 1 aliphatic heterocycles. The minimum absolute atomic E-state index is 0.0849. The summed E-state index contributed by atoms with van der Waals surface area (Å²) in [6.07, 6.45) is 0.0864. The third kappa shape index (κ3) is 5.16. The standard InChI is InChI=1S/C23H27N3O6/c1-16-20(31-18-8-6-5-7-9-18)11-10-19(26(29)30)21(16)24-12-13-25(17(14-24)15-27)22(28)32-23(2,3)4/h5-11,15,17H,12-14H2,1-4H3/t17-/m1/s1. The average molecular weight is 441 g/mol. The normalized spacial score (nSPS) is 16.4. The second kappa shape index (κ2) is 9.25. The number of piperazine rings is 1. The molecule has 1 atom stereocenters. The Morgan fingerprint density at radius 3 is 2.44 bits per heavy atom. The number of carbonyl (C=O) groups excluding carboxylic acids is 2. The van der Waals surface area contributed by atoms with Gasteiger partial charge in [-0.1, -0.05) is 18.2 Å². The highest BCUT2D eigenvalue weighted by molar-refractivity contribution is 5.77. The highest BCUT2D eigenvalue weighted by Crippen LogP contribution is 2.39. The quantitative estimate of drug-likeness (QED) is 0.387. The largest absolute Gasteiger partial charge is 0.457 e. The lowest BCUT2D eigenvalue weighted by Crippen LogP contribution is -2.57. The van der Waals surface area contributed by atoms with Crippen molar-refractivity contribution in [3.8, 4) is 11.5 Å². The van der Waals surface area contributed by atoms with Crippen molar-refractivity contribution in [2.75, 3.05) is 24.5 Å². The molecule has 0 bridgehead atoms. The zero-order valence-electron chi connectivity index (χ0n) is 18.6. The average Bonchev–Trinajstić information content (AvgIpc) is 2.74. The summed E-state index contributed by atoms with van der Waals surface area (Å²) in [4.78, 5) is 38.7. The molecule has 1 aliphatic rings. The van der Waals surface area contributed by atoms with E-state index in [9.17, 15) is 19.7 Å². The number of nitro groups is 1. The van der Waals surface area contributed by atoms with Crippen molar-refractivity contribution in [1.82, 2.24) is 4.90 Å². The van der Waals surface area contributed by atoms with Crippen molar-refractivity contribution in [1.29, 1.82) is 0 Å². The summed E-state index contributed by atoms with van der Waals surface area (Å²) in [5.41, 5.74) is 0.177. The SMILES string of the molecule is Cc1c(Oc2ccccc2)ccc([N+](=O)[O-])c1N1CCN(C(=O)OC(C)(C)C)[C@@H](C=O)C1. The van der Waals surface area contributed by atoms with Crippen LogP contribution in [0.1, 0.15) is 26.3 Å². The summed E-state index contributed by atoms with van der Waals surface area (Å²) in [6.45, 7) is 7.61. The van der Waals surface area contributed by atoms with Gasteiger partial charge in [0, 0.05) is 31.3 Å². The highest BCUT2D eigenvalue weighted by atomic mass is 16.6. The summed E-state index contributed by atoms with van der Waals surface area (Å²) in [6, 6.07) is 11.3. The highest BCUT2D eigenvalue weighted by Gasteiger charge is 2.36. The van der Waals surface area contributed by atoms with Crippen LogP contribution in [0.25, 0.3) is 0 Å². The molecule has 0 unspecified atom stereocenters. The van der Waals surface area contributed by atoms with Gasteiger partial charge in [-0.25, -0.2) is 4.79 Å². The molecule has 170 valence electrons. The fraction of sp³-hybridized carbons (Fsp3) is 0.391. The van der Waals surface area contributed by atoms with Gasteiger partial charge in [0.05, 0.1) is 4.92 Å². The van der Waals surface area contributed by atoms with Gasteiger partial charge in [0.15, 0.2) is 0 Å². The zero-order chi connectivity index (χ0) is 23.5. The number of ether oxygens (including phenoxy) is 2. The number of hydrogen-bond donors (Lipinski definition) is 0. The molecule has 3 rings (SSSR count). The first kappa shape index (κ1) is 23.1. The molecule has 1 amide bonds. The second-order valence-corrected chi connectivity index (χ2v) is 8.55. The number of rotatable bonds is 5. The van der Waals surface area contributed by atoms with E-state index in [2.05, 4.69) is 0 Å². The van der Waals surface area contributed by atoms with Crippen LogP contribution in [0.3, 0.4) is 0 Å². The van der Waals surface area contributed by atoms with Gasteiger partial charge in [0.1, 0.15) is 35.1 Å². The maximum Gasteiger partial charge on any atom is 0.411 e. The van der Waals surface area contributed by atoms with E-state index < -0.39 is 22.7 Å². The van der Waals surface area contributed by atoms with Crippen LogP contribution >= 0.6 is 0 Å². The van der Waals surface area contributed by atoms with Crippen LogP contribution in [0.2, 0.25) is 0 Å². The Morgan fingerprint density at radius 2 is 1.84 bits per heavy atom. The number of nitro benzene ring substituents is 1. The van der Waals surface area contributed by atoms with E-state index in [0.717, 1.165) is 0 Å². The van der Waals surface area contributed by atoms with E-state index in [1.54, 1.807) is 50.8 Å². The number of benzene rings is 2. The first-order valence-electron chi connectivity index (χ1n) is 10.3. The van der Waals surface area contributed by atoms with Crippen LogP contribution in [-0.2, 0) is 9.53 Å². The van der Waals surface area contributed by atoms with E-state index in [0.29, 0.717) is 35.6 Å². The maximum atomic E-state index is 12.5. The monoisotopic (exact) mass is 441 g/mol. The van der Waals surface area contributed by atoms with Crippen molar-refractivity contribution in [2.45, 2.75) is 39.3 Å². The number of anilines is 1. The zero-order valence-corrected chi connectivity index (χ0v) is 18.6. The topological polar surface area (TPSA) is 102 Å². The van der Waals surface area contributed by atoms with E-state index >= 15 is 0 Å². The van der Waals surface area contributed by atoms with Crippen molar-refractivity contribution in [2.24, 2.45) is 0 Å². The van der Waals surface area contributed by atoms with Crippen LogP contribution in [0.4, 0.5) is 16.2 Å². The minimum Gasteiger partial charge on any atom is -0.457 e. The minimum atomic E-state index is -0.795. The van der Waals surface area contributed by atoms with Gasteiger partial charge in [0.2, 0.25) is 0 Å². The maximum absolute atomic E-state index is 12.5. The molecule has 1 saturated heterocycles. The Hall–Kier alpha value is -3.62. The molecule has 0 saturated carbocycles. The van der Waals surface area contributed by atoms with Crippen molar-refractivity contribution in [3.05, 3.63) is 58.1 Å². The Kier molecular flexibility index (Phi) is 6.67. The first-order valence-corrected chi connectivity index (χ1v) is 10.3. The predicted molar refractivity (Wildman–Crippen MR) is 119 cm³/mol. The molecule has 1 heterocycles. The van der Waals surface area contributed by atoms with E-state index in [4.69, 9.17) is 9.47 Å². The van der Waals surface area contributed by atoms with E-state index in [-0.39, 0.29) is 18.8 Å². The number of carbonyl (C=O) groups is 2. The molecule has 1 fully saturated rings. The Morgan fingerprint density at radius 1 is 1.16 bits per heavy atom. The predicted octanol–water partition coefficient (Wildman–Crippen LogP) is 4.32. The number of para-hydroxylation sites is 1. The van der Waals surface area contributed by atoms with Crippen LogP contribution < -0.4 is 9.64 Å². The molecule has 0 spiro atoms. The lowest BCUT2D eigenvalue weighted by Gasteiger charge is -2.40. The number of nitrogens with zero attached hydrogens (tertiary/aromatic N) is 3. The van der Waals surface area contributed by atoms with Gasteiger partial charge in [0.25, 0.3) is 5.69 Å². The fourth-order valence-electron chi connectivity index (χ4n) is 3.62. The smallest absolute Gasteiger partial charge is 0.411 e. The van der Waals surface area contributed by atoms with E-state index in [1.807, 2.05) is 18.2 Å².